The van der Waals surface area contributed by atoms with Gasteiger partial charge in [0.2, 0.25) is 0 Å². The molecule has 2 aromatic heterocycles. The van der Waals surface area contributed by atoms with Crippen LogP contribution in [0.25, 0.3) is 0 Å². The van der Waals surface area contributed by atoms with E-state index < -0.39 is 5.97 Å². The zero-order chi connectivity index (χ0) is 23.1. The van der Waals surface area contributed by atoms with Crippen molar-refractivity contribution in [2.75, 3.05) is 7.11 Å². The topological polar surface area (TPSA) is 73.3 Å². The van der Waals surface area contributed by atoms with Crippen LogP contribution in [0.15, 0.2) is 42.7 Å². The van der Waals surface area contributed by atoms with Gasteiger partial charge in [-0.15, -0.1) is 0 Å². The normalized spacial score (nSPS) is 10.9. The monoisotopic (exact) mass is 436 g/mol. The predicted octanol–water partition coefficient (Wildman–Crippen LogP) is 4.76. The highest BCUT2D eigenvalue weighted by atomic mass is 16.5. The summed E-state index contributed by atoms with van der Waals surface area (Å²) in [6.45, 7) is 7.01. The highest BCUT2D eigenvalue weighted by molar-refractivity contribution is 5.90. The highest BCUT2D eigenvalue weighted by Gasteiger charge is 2.21. The molecular formula is C26H32N2O4. The van der Waals surface area contributed by atoms with Crippen LogP contribution in [0.4, 0.5) is 0 Å². The Bertz CT molecular complexity index is 1040. The van der Waals surface area contributed by atoms with Gasteiger partial charge in [-0.1, -0.05) is 44.2 Å². The van der Waals surface area contributed by atoms with E-state index >= 15 is 0 Å². The number of esters is 2. The van der Waals surface area contributed by atoms with Gasteiger partial charge in [0.15, 0.2) is 0 Å². The Morgan fingerprint density at radius 3 is 2.28 bits per heavy atom. The molecule has 32 heavy (non-hydrogen) atoms. The number of benzene rings is 1. The number of ether oxygens (including phenoxy) is 2. The number of nitrogens with zero attached hydrogens (tertiary/aromatic N) is 1. The van der Waals surface area contributed by atoms with Gasteiger partial charge in [-0.05, 0) is 54.0 Å². The Kier molecular flexibility index (Phi) is 7.92. The van der Waals surface area contributed by atoms with Gasteiger partial charge < -0.3 is 19.0 Å². The number of hydrogen-bond donors (Lipinski definition) is 1. The third-order valence-corrected chi connectivity index (χ3v) is 5.85. The van der Waals surface area contributed by atoms with Crippen molar-refractivity contribution in [2.24, 2.45) is 0 Å². The molecule has 0 saturated heterocycles. The lowest BCUT2D eigenvalue weighted by atomic mass is 10.0. The van der Waals surface area contributed by atoms with E-state index in [4.69, 9.17) is 9.47 Å². The minimum Gasteiger partial charge on any atom is -0.469 e. The Morgan fingerprint density at radius 2 is 1.69 bits per heavy atom. The molecule has 0 radical (unpaired) electrons. The first-order valence-corrected chi connectivity index (χ1v) is 11.1. The molecule has 0 amide bonds. The third-order valence-electron chi connectivity index (χ3n) is 5.85. The SMILES string of the molecule is CCc1cn(Cc2[nH]c(C(=O)OCc3ccccc3)c(C)c2CCC(=O)OC)cc1CC. The largest absolute Gasteiger partial charge is 0.469 e. The molecule has 0 fully saturated rings. The number of aryl methyl sites for hydroxylation is 2. The lowest BCUT2D eigenvalue weighted by Crippen LogP contribution is -2.07. The summed E-state index contributed by atoms with van der Waals surface area (Å²) in [5.74, 6) is -0.667. The lowest BCUT2D eigenvalue weighted by Gasteiger charge is -2.07. The first-order valence-electron chi connectivity index (χ1n) is 11.1. The van der Waals surface area contributed by atoms with Crippen molar-refractivity contribution in [3.05, 3.63) is 81.9 Å². The summed E-state index contributed by atoms with van der Waals surface area (Å²) in [5.41, 5.74) is 6.73. The summed E-state index contributed by atoms with van der Waals surface area (Å²) in [5, 5.41) is 0. The summed E-state index contributed by atoms with van der Waals surface area (Å²) in [6, 6.07) is 9.60. The van der Waals surface area contributed by atoms with Crippen molar-refractivity contribution in [3.8, 4) is 0 Å². The maximum absolute atomic E-state index is 12.9. The second-order valence-corrected chi connectivity index (χ2v) is 7.91. The zero-order valence-corrected chi connectivity index (χ0v) is 19.4. The Labute approximate surface area is 189 Å². The number of nitrogens with one attached hydrogen (secondary N) is 1. The molecule has 3 rings (SSSR count). The number of hydrogen-bond acceptors (Lipinski definition) is 4. The molecule has 170 valence electrons. The molecule has 3 aromatic rings. The number of carbonyl (C=O) groups is 2. The van der Waals surface area contributed by atoms with Gasteiger partial charge in [-0.2, -0.15) is 0 Å². The molecule has 6 heteroatoms. The number of aromatic amines is 1. The second kappa shape index (κ2) is 10.8. The molecular weight excluding hydrogens is 404 g/mol. The Balaban J connectivity index is 1.86. The standard InChI is InChI=1S/C26H32N2O4/c1-5-20-14-28(15-21(20)6-2)16-23-22(12-13-24(29)31-4)18(3)25(27-23)26(30)32-17-19-10-8-7-9-11-19/h7-11,14-15,27H,5-6,12-13,16-17H2,1-4H3. The molecule has 0 aliphatic heterocycles. The maximum Gasteiger partial charge on any atom is 0.355 e. The fourth-order valence-electron chi connectivity index (χ4n) is 4.01. The van der Waals surface area contributed by atoms with Crippen molar-refractivity contribution < 1.29 is 19.1 Å². The van der Waals surface area contributed by atoms with E-state index in [2.05, 4.69) is 35.8 Å². The zero-order valence-electron chi connectivity index (χ0n) is 19.4. The van der Waals surface area contributed by atoms with Crippen LogP contribution in [0.5, 0.6) is 0 Å². The van der Waals surface area contributed by atoms with Gasteiger partial charge >= 0.3 is 11.9 Å². The van der Waals surface area contributed by atoms with Crippen LogP contribution in [0, 0.1) is 6.92 Å². The quantitative estimate of drug-likeness (QED) is 0.465. The Morgan fingerprint density at radius 1 is 1.03 bits per heavy atom. The second-order valence-electron chi connectivity index (χ2n) is 7.91. The first-order chi connectivity index (χ1) is 15.5. The predicted molar refractivity (Wildman–Crippen MR) is 124 cm³/mol. The molecule has 0 spiro atoms. The summed E-state index contributed by atoms with van der Waals surface area (Å²) >= 11 is 0. The van der Waals surface area contributed by atoms with Gasteiger partial charge in [-0.25, -0.2) is 4.79 Å². The summed E-state index contributed by atoms with van der Waals surface area (Å²) in [6.07, 6.45) is 7.03. The molecule has 1 N–H and O–H groups in total. The molecule has 0 saturated carbocycles. The third kappa shape index (κ3) is 5.49. The first kappa shape index (κ1) is 23.4. The van der Waals surface area contributed by atoms with E-state index in [-0.39, 0.29) is 19.0 Å². The minimum atomic E-state index is -0.395. The van der Waals surface area contributed by atoms with Crippen molar-refractivity contribution in [2.45, 2.75) is 59.6 Å². The molecule has 0 bridgehead atoms. The highest BCUT2D eigenvalue weighted by Crippen LogP contribution is 2.24. The van der Waals surface area contributed by atoms with E-state index in [1.54, 1.807) is 0 Å². The van der Waals surface area contributed by atoms with Gasteiger partial charge in [0.05, 0.1) is 13.7 Å². The summed E-state index contributed by atoms with van der Waals surface area (Å²) in [7, 11) is 1.39. The van der Waals surface area contributed by atoms with E-state index in [0.717, 1.165) is 35.2 Å². The van der Waals surface area contributed by atoms with Crippen LogP contribution >= 0.6 is 0 Å². The van der Waals surface area contributed by atoms with Crippen LogP contribution < -0.4 is 0 Å². The average Bonchev–Trinajstić information content (AvgIpc) is 3.36. The van der Waals surface area contributed by atoms with Gasteiger partial charge in [0.1, 0.15) is 12.3 Å². The lowest BCUT2D eigenvalue weighted by molar-refractivity contribution is -0.140. The molecule has 0 aliphatic carbocycles. The van der Waals surface area contributed by atoms with E-state index in [1.165, 1.54) is 18.2 Å². The van der Waals surface area contributed by atoms with Crippen molar-refractivity contribution in [3.63, 3.8) is 0 Å². The van der Waals surface area contributed by atoms with Crippen molar-refractivity contribution in [1.82, 2.24) is 9.55 Å². The average molecular weight is 437 g/mol. The smallest absolute Gasteiger partial charge is 0.355 e. The van der Waals surface area contributed by atoms with Crippen LogP contribution in [0.3, 0.4) is 0 Å². The van der Waals surface area contributed by atoms with E-state index in [1.807, 2.05) is 37.3 Å². The van der Waals surface area contributed by atoms with Crippen molar-refractivity contribution >= 4 is 11.9 Å². The number of carbonyl (C=O) groups excluding carboxylic acids is 2. The molecule has 0 aliphatic rings. The number of methoxy groups -OCH3 is 1. The molecule has 2 heterocycles. The van der Waals surface area contributed by atoms with E-state index in [0.29, 0.717) is 18.7 Å². The van der Waals surface area contributed by atoms with Crippen LogP contribution in [-0.2, 0) is 46.7 Å². The Hall–Kier alpha value is -3.28. The fourth-order valence-corrected chi connectivity index (χ4v) is 4.01. The molecule has 6 nitrogen and oxygen atoms in total. The molecule has 1 aromatic carbocycles. The number of aromatic nitrogens is 2. The van der Waals surface area contributed by atoms with E-state index in [9.17, 15) is 9.59 Å². The van der Waals surface area contributed by atoms with Crippen molar-refractivity contribution in [1.29, 1.82) is 0 Å². The van der Waals surface area contributed by atoms with Crippen LogP contribution in [0.1, 0.15) is 64.3 Å². The van der Waals surface area contributed by atoms with Gasteiger partial charge in [-0.3, -0.25) is 4.79 Å². The maximum atomic E-state index is 12.9. The number of H-pyrrole nitrogens is 1. The van der Waals surface area contributed by atoms with Gasteiger partial charge in [0, 0.05) is 24.5 Å². The van der Waals surface area contributed by atoms with Crippen LogP contribution in [-0.4, -0.2) is 28.6 Å². The van der Waals surface area contributed by atoms with Crippen LogP contribution in [0.2, 0.25) is 0 Å². The molecule has 0 atom stereocenters. The summed E-state index contributed by atoms with van der Waals surface area (Å²) < 4.78 is 12.5. The molecule has 0 unspecified atom stereocenters. The summed E-state index contributed by atoms with van der Waals surface area (Å²) in [4.78, 5) is 27.9. The minimum absolute atomic E-state index is 0.211. The number of rotatable bonds is 10. The fraction of sp³-hybridized carbons (Fsp3) is 0.385. The van der Waals surface area contributed by atoms with Gasteiger partial charge in [0.25, 0.3) is 0 Å².